The zero-order chi connectivity index (χ0) is 13.6. The van der Waals surface area contributed by atoms with E-state index >= 15 is 0 Å². The van der Waals surface area contributed by atoms with E-state index in [1.165, 1.54) is 22.1 Å². The number of nitrogens with zero attached hydrogens (tertiary/aromatic N) is 3. The van der Waals surface area contributed by atoms with Gasteiger partial charge in [0.25, 0.3) is 5.91 Å². The maximum atomic E-state index is 11.9. The van der Waals surface area contributed by atoms with Crippen molar-refractivity contribution in [3.05, 3.63) is 34.8 Å². The van der Waals surface area contributed by atoms with E-state index in [2.05, 4.69) is 9.84 Å². The van der Waals surface area contributed by atoms with Crippen LogP contribution in [0.4, 0.5) is 4.79 Å². The van der Waals surface area contributed by atoms with Crippen molar-refractivity contribution in [1.82, 2.24) is 14.7 Å². The number of hydrogen-bond donors (Lipinski definition) is 1. The van der Waals surface area contributed by atoms with Gasteiger partial charge in [0.05, 0.1) is 11.3 Å². The molecule has 1 atom stereocenters. The predicted octanol–water partition coefficient (Wildman–Crippen LogP) is 1.21. The molecule has 3 heterocycles. The van der Waals surface area contributed by atoms with Gasteiger partial charge in [0.15, 0.2) is 0 Å². The number of fused-ring (bicyclic) bond motifs is 1. The molecular weight excluding hydrogens is 270 g/mol. The molecule has 0 radical (unpaired) electrons. The van der Waals surface area contributed by atoms with Crippen molar-refractivity contribution in [2.24, 2.45) is 7.05 Å². The predicted molar refractivity (Wildman–Crippen MR) is 66.6 cm³/mol. The molecule has 2 aliphatic heterocycles. The molecule has 3 rings (SSSR count). The van der Waals surface area contributed by atoms with Gasteiger partial charge in [-0.2, -0.15) is 5.10 Å². The molecule has 2 aliphatic rings. The second kappa shape index (κ2) is 4.16. The maximum Gasteiger partial charge on any atom is 0.512 e. The van der Waals surface area contributed by atoms with Crippen molar-refractivity contribution < 1.29 is 19.4 Å². The van der Waals surface area contributed by atoms with Crippen LogP contribution >= 0.6 is 11.8 Å². The summed E-state index contributed by atoms with van der Waals surface area (Å²) in [4.78, 5) is 23.7. The lowest BCUT2D eigenvalue weighted by molar-refractivity contribution is -0.133. The van der Waals surface area contributed by atoms with Crippen LogP contribution in [0, 0.1) is 0 Å². The van der Waals surface area contributed by atoms with E-state index in [9.17, 15) is 9.59 Å². The van der Waals surface area contributed by atoms with Gasteiger partial charge < -0.3 is 9.84 Å². The Morgan fingerprint density at radius 2 is 2.42 bits per heavy atom. The number of carbonyl (C=O) groups is 2. The summed E-state index contributed by atoms with van der Waals surface area (Å²) >= 11 is 1.33. The van der Waals surface area contributed by atoms with E-state index in [0.29, 0.717) is 11.3 Å². The van der Waals surface area contributed by atoms with Crippen molar-refractivity contribution >= 4 is 29.9 Å². The van der Waals surface area contributed by atoms with Crippen LogP contribution in [0.2, 0.25) is 0 Å². The van der Waals surface area contributed by atoms with Crippen LogP contribution in [-0.2, 0) is 16.6 Å². The molecule has 0 aromatic carbocycles. The third kappa shape index (κ3) is 1.89. The molecule has 1 N–H and O–H groups in total. The Hall–Kier alpha value is -2.22. The molecule has 8 heteroatoms. The van der Waals surface area contributed by atoms with Gasteiger partial charge >= 0.3 is 6.16 Å². The number of amides is 1. The van der Waals surface area contributed by atoms with Crippen LogP contribution in [0.5, 0.6) is 0 Å². The summed E-state index contributed by atoms with van der Waals surface area (Å²) < 4.78 is 6.18. The van der Waals surface area contributed by atoms with Gasteiger partial charge in [-0.15, -0.1) is 0 Å². The summed E-state index contributed by atoms with van der Waals surface area (Å²) in [5, 5.41) is 14.0. The molecule has 98 valence electrons. The van der Waals surface area contributed by atoms with E-state index in [0.717, 1.165) is 0 Å². The first-order valence-electron chi connectivity index (χ1n) is 5.37. The summed E-state index contributed by atoms with van der Waals surface area (Å²) in [6, 6.07) is 1.80. The average Bonchev–Trinajstić information content (AvgIpc) is 2.90. The zero-order valence-corrected chi connectivity index (χ0v) is 10.6. The van der Waals surface area contributed by atoms with Crippen molar-refractivity contribution in [2.45, 2.75) is 5.37 Å². The lowest BCUT2D eigenvalue weighted by Gasteiger charge is -2.36. The number of β-lactam (4-membered cyclic amide) rings is 1. The Labute approximate surface area is 112 Å². The third-order valence-corrected chi connectivity index (χ3v) is 3.79. The van der Waals surface area contributed by atoms with Gasteiger partial charge in [0.2, 0.25) is 5.88 Å². The number of aromatic nitrogens is 2. The Morgan fingerprint density at radius 3 is 3.05 bits per heavy atom. The fourth-order valence-electron chi connectivity index (χ4n) is 1.92. The van der Waals surface area contributed by atoms with Crippen LogP contribution in [0.15, 0.2) is 29.1 Å². The maximum absolute atomic E-state index is 11.9. The zero-order valence-electron chi connectivity index (χ0n) is 9.81. The van der Waals surface area contributed by atoms with Gasteiger partial charge in [-0.3, -0.25) is 14.4 Å². The molecule has 0 aliphatic carbocycles. The van der Waals surface area contributed by atoms with Crippen molar-refractivity contribution in [1.29, 1.82) is 0 Å². The van der Waals surface area contributed by atoms with Gasteiger partial charge in [-0.05, 0) is 12.1 Å². The number of carbonyl (C=O) groups excluding carboxylic acids is 1. The molecule has 19 heavy (non-hydrogen) atoms. The number of rotatable bonds is 2. The molecule has 1 fully saturated rings. The largest absolute Gasteiger partial charge is 0.512 e. The van der Waals surface area contributed by atoms with Gasteiger partial charge in [-0.1, -0.05) is 11.8 Å². The van der Waals surface area contributed by atoms with Crippen molar-refractivity contribution in [3.8, 4) is 0 Å². The quantitative estimate of drug-likeness (QED) is 0.497. The van der Waals surface area contributed by atoms with Crippen LogP contribution < -0.4 is 0 Å². The topological polar surface area (TPSA) is 84.7 Å². The summed E-state index contributed by atoms with van der Waals surface area (Å²) in [5.41, 5.74) is 1.28. The highest BCUT2D eigenvalue weighted by molar-refractivity contribution is 8.03. The molecule has 1 aromatic heterocycles. The normalized spacial score (nSPS) is 23.1. The molecule has 0 unspecified atom stereocenters. The van der Waals surface area contributed by atoms with Crippen molar-refractivity contribution in [2.75, 3.05) is 0 Å². The summed E-state index contributed by atoms with van der Waals surface area (Å²) in [7, 11) is 1.79. The monoisotopic (exact) mass is 279 g/mol. The summed E-state index contributed by atoms with van der Waals surface area (Å²) in [5.74, 6) is -0.196. The van der Waals surface area contributed by atoms with E-state index in [1.807, 2.05) is 0 Å². The van der Waals surface area contributed by atoms with Crippen LogP contribution in [0.3, 0.4) is 0 Å². The number of aryl methyl sites for hydroxylation is 1. The summed E-state index contributed by atoms with van der Waals surface area (Å²) in [6.07, 6.45) is 2.06. The van der Waals surface area contributed by atoms with Crippen LogP contribution in [0.25, 0.3) is 6.08 Å². The van der Waals surface area contributed by atoms with Crippen LogP contribution in [-0.4, -0.2) is 37.2 Å². The molecule has 0 saturated carbocycles. The second-order valence-corrected chi connectivity index (χ2v) is 4.96. The SMILES string of the molecule is Cn1ccc(/C=C2/C(=O)N3C(OC(=O)O)=CS[C@@H]23)n1. The molecule has 1 saturated heterocycles. The molecular formula is C11H9N3O4S. The van der Waals surface area contributed by atoms with Crippen LogP contribution in [0.1, 0.15) is 5.69 Å². The second-order valence-electron chi connectivity index (χ2n) is 4.00. The number of thioether (sulfide) groups is 1. The fraction of sp³-hybridized carbons (Fsp3) is 0.182. The van der Waals surface area contributed by atoms with E-state index < -0.39 is 6.16 Å². The first-order valence-corrected chi connectivity index (χ1v) is 6.32. The molecule has 0 bridgehead atoms. The number of carboxylic acid groups (broad SMARTS) is 1. The first kappa shape index (κ1) is 11.8. The minimum Gasteiger partial charge on any atom is -0.449 e. The molecule has 7 nitrogen and oxygen atoms in total. The lowest BCUT2D eigenvalue weighted by atomic mass is 10.1. The van der Waals surface area contributed by atoms with Crippen molar-refractivity contribution in [3.63, 3.8) is 0 Å². The third-order valence-electron chi connectivity index (χ3n) is 2.73. The smallest absolute Gasteiger partial charge is 0.449 e. The number of ether oxygens (including phenoxy) is 1. The molecule has 0 spiro atoms. The Balaban J connectivity index is 1.79. The number of hydrogen-bond acceptors (Lipinski definition) is 5. The standard InChI is InChI=1S/C11H9N3O4S/c1-13-3-2-6(12-13)4-7-9(15)14-8(18-11(16)17)5-19-10(7)14/h2-5,10H,1H3,(H,16,17)/b7-4-/t10-/m0/s1. The Morgan fingerprint density at radius 1 is 1.63 bits per heavy atom. The molecule has 1 amide bonds. The van der Waals surface area contributed by atoms with Gasteiger partial charge in [0.1, 0.15) is 5.37 Å². The van der Waals surface area contributed by atoms with E-state index in [4.69, 9.17) is 5.11 Å². The lowest BCUT2D eigenvalue weighted by Crippen LogP contribution is -2.50. The first-order chi connectivity index (χ1) is 9.06. The van der Waals surface area contributed by atoms with E-state index in [1.54, 1.807) is 30.1 Å². The Bertz CT molecular complexity index is 634. The Kier molecular flexibility index (Phi) is 2.59. The molecule has 1 aromatic rings. The highest BCUT2D eigenvalue weighted by Crippen LogP contribution is 2.45. The summed E-state index contributed by atoms with van der Waals surface area (Å²) in [6.45, 7) is 0. The van der Waals surface area contributed by atoms with E-state index in [-0.39, 0.29) is 17.2 Å². The minimum absolute atomic E-state index is 0.0608. The fourth-order valence-corrected chi connectivity index (χ4v) is 2.96. The van der Waals surface area contributed by atoms with Gasteiger partial charge in [-0.25, -0.2) is 4.79 Å². The highest BCUT2D eigenvalue weighted by Gasteiger charge is 2.49. The average molecular weight is 279 g/mol. The van der Waals surface area contributed by atoms with Gasteiger partial charge in [0, 0.05) is 18.7 Å². The minimum atomic E-state index is -1.43. The highest BCUT2D eigenvalue weighted by atomic mass is 32.2.